The van der Waals surface area contributed by atoms with E-state index in [1.165, 1.54) is 0 Å². The molecule has 0 aromatic carbocycles. The van der Waals surface area contributed by atoms with E-state index < -0.39 is 6.10 Å². The highest BCUT2D eigenvalue weighted by Gasteiger charge is 2.47. The lowest BCUT2D eigenvalue weighted by atomic mass is 10.1. The van der Waals surface area contributed by atoms with E-state index in [1.807, 2.05) is 4.90 Å². The van der Waals surface area contributed by atoms with Gasteiger partial charge in [0.15, 0.2) is 6.04 Å². The van der Waals surface area contributed by atoms with Crippen molar-refractivity contribution in [3.63, 3.8) is 0 Å². The van der Waals surface area contributed by atoms with Crippen molar-refractivity contribution in [3.05, 3.63) is 12.1 Å². The van der Waals surface area contributed by atoms with Crippen LogP contribution in [0.5, 0.6) is 5.88 Å². The van der Waals surface area contributed by atoms with Crippen LogP contribution in [0.4, 0.5) is 11.5 Å². The second-order valence-electron chi connectivity index (χ2n) is 4.34. The maximum atomic E-state index is 11.8. The van der Waals surface area contributed by atoms with Gasteiger partial charge in [-0.15, -0.1) is 0 Å². The maximum Gasteiger partial charge on any atom is 0.302 e. The third-order valence-electron chi connectivity index (χ3n) is 3.24. The van der Waals surface area contributed by atoms with Crippen molar-refractivity contribution in [2.45, 2.75) is 18.6 Å². The van der Waals surface area contributed by atoms with Gasteiger partial charge >= 0.3 is 5.82 Å². The predicted octanol–water partition coefficient (Wildman–Crippen LogP) is -3.59. The highest BCUT2D eigenvalue weighted by Crippen LogP contribution is 2.33. The molecule has 1 saturated heterocycles. The number of halogens is 1. The molecule has 3 N–H and O–H groups in total. The molecule has 0 bridgehead atoms. The zero-order valence-corrected chi connectivity index (χ0v) is 10.6. The molecule has 98 valence electrons. The molecule has 2 atom stereocenters. The maximum absolute atomic E-state index is 11.8. The number of aromatic nitrogens is 1. The van der Waals surface area contributed by atoms with E-state index in [0.29, 0.717) is 18.8 Å². The SMILES string of the molecule is COc1ccc2c([nH+]1)N1CC(O)CC1C(=O)N2.[Cl-]. The number of amides is 1. The summed E-state index contributed by atoms with van der Waals surface area (Å²) in [5.74, 6) is 1.36. The van der Waals surface area contributed by atoms with Gasteiger partial charge in [0.2, 0.25) is 0 Å². The van der Waals surface area contributed by atoms with Crippen molar-refractivity contribution < 1.29 is 32.0 Å². The molecule has 2 unspecified atom stereocenters. The summed E-state index contributed by atoms with van der Waals surface area (Å²) < 4.78 is 5.12. The fourth-order valence-corrected chi connectivity index (χ4v) is 2.44. The summed E-state index contributed by atoms with van der Waals surface area (Å²) in [6.45, 7) is 0.467. The Labute approximate surface area is 110 Å². The molecule has 3 heterocycles. The van der Waals surface area contributed by atoms with Crippen molar-refractivity contribution in [1.82, 2.24) is 0 Å². The molecule has 1 fully saturated rings. The van der Waals surface area contributed by atoms with Crippen LogP contribution in [-0.2, 0) is 4.79 Å². The largest absolute Gasteiger partial charge is 1.00 e. The average molecular weight is 272 g/mol. The van der Waals surface area contributed by atoms with Crippen LogP contribution in [0.1, 0.15) is 6.42 Å². The molecule has 0 saturated carbocycles. The predicted molar refractivity (Wildman–Crippen MR) is 59.9 cm³/mol. The number of ether oxygens (including phenoxy) is 1. The van der Waals surface area contributed by atoms with Crippen LogP contribution < -0.4 is 32.3 Å². The Kier molecular flexibility index (Phi) is 3.32. The number of H-pyrrole nitrogens is 1. The van der Waals surface area contributed by atoms with E-state index in [2.05, 4.69) is 10.3 Å². The molecular formula is C11H14ClN3O3. The smallest absolute Gasteiger partial charge is 0.302 e. The van der Waals surface area contributed by atoms with E-state index in [9.17, 15) is 9.90 Å². The third kappa shape index (κ3) is 1.87. The fraction of sp³-hybridized carbons (Fsp3) is 0.455. The number of methoxy groups -OCH3 is 1. The Bertz CT molecular complexity index is 483. The topological polar surface area (TPSA) is 75.9 Å². The van der Waals surface area contributed by atoms with Gasteiger partial charge in [-0.2, -0.15) is 0 Å². The van der Waals surface area contributed by atoms with Gasteiger partial charge in [0, 0.05) is 12.5 Å². The van der Waals surface area contributed by atoms with Crippen LogP contribution in [0.25, 0.3) is 0 Å². The number of carbonyl (C=O) groups is 1. The highest BCUT2D eigenvalue weighted by molar-refractivity contribution is 6.02. The first-order valence-electron chi connectivity index (χ1n) is 5.55. The van der Waals surface area contributed by atoms with E-state index in [-0.39, 0.29) is 24.4 Å². The summed E-state index contributed by atoms with van der Waals surface area (Å²) in [7, 11) is 1.58. The van der Waals surface area contributed by atoms with E-state index >= 15 is 0 Å². The van der Waals surface area contributed by atoms with E-state index in [0.717, 1.165) is 11.5 Å². The molecule has 2 aliphatic rings. The summed E-state index contributed by atoms with van der Waals surface area (Å²) in [5, 5.41) is 12.5. The number of aliphatic hydroxyl groups is 1. The third-order valence-corrected chi connectivity index (χ3v) is 3.24. The van der Waals surface area contributed by atoms with Crippen LogP contribution in [0.2, 0.25) is 0 Å². The number of nitrogens with zero attached hydrogens (tertiary/aromatic N) is 1. The lowest BCUT2D eigenvalue weighted by Crippen LogP contribution is -3.00. The lowest BCUT2D eigenvalue weighted by molar-refractivity contribution is -0.379. The van der Waals surface area contributed by atoms with Gasteiger partial charge in [-0.25, -0.2) is 9.88 Å². The minimum Gasteiger partial charge on any atom is -1.00 e. The standard InChI is InChI=1S/C11H13N3O3.ClH/c1-17-9-3-2-7-10(13-9)14-5-6(15)4-8(14)11(16)12-7;/h2-3,6,8,15H,4-5H2,1H3,(H,12,16);1H. The number of aliphatic hydroxyl groups excluding tert-OH is 1. The first kappa shape index (κ1) is 12.9. The van der Waals surface area contributed by atoms with Crippen LogP contribution in [0, 0.1) is 0 Å². The fourth-order valence-electron chi connectivity index (χ4n) is 2.44. The lowest BCUT2D eigenvalue weighted by Gasteiger charge is -2.25. The molecular weight excluding hydrogens is 258 g/mol. The molecule has 2 aliphatic heterocycles. The molecule has 6 nitrogen and oxygen atoms in total. The number of fused-ring (bicyclic) bond motifs is 3. The minimum absolute atomic E-state index is 0. The Morgan fingerprint density at radius 1 is 1.56 bits per heavy atom. The summed E-state index contributed by atoms with van der Waals surface area (Å²) in [6.07, 6.45) is 0.00682. The number of carbonyl (C=O) groups excluding carboxylic acids is 1. The van der Waals surface area contributed by atoms with E-state index in [4.69, 9.17) is 4.74 Å². The highest BCUT2D eigenvalue weighted by atomic mass is 35.5. The monoisotopic (exact) mass is 271 g/mol. The van der Waals surface area contributed by atoms with Crippen molar-refractivity contribution >= 4 is 17.4 Å². The Morgan fingerprint density at radius 3 is 3.06 bits per heavy atom. The Hall–Kier alpha value is -1.53. The summed E-state index contributed by atoms with van der Waals surface area (Å²) in [5.41, 5.74) is 0.723. The molecule has 0 aliphatic carbocycles. The normalized spacial score (nSPS) is 24.8. The molecule has 1 amide bonds. The second kappa shape index (κ2) is 4.62. The van der Waals surface area contributed by atoms with Crippen molar-refractivity contribution in [3.8, 4) is 5.88 Å². The van der Waals surface area contributed by atoms with Gasteiger partial charge in [0.05, 0.1) is 13.2 Å². The summed E-state index contributed by atoms with van der Waals surface area (Å²) in [4.78, 5) is 16.8. The summed E-state index contributed by atoms with van der Waals surface area (Å²) >= 11 is 0. The zero-order valence-electron chi connectivity index (χ0n) is 9.81. The number of hydrogen-bond acceptors (Lipinski definition) is 4. The Morgan fingerprint density at radius 2 is 2.33 bits per heavy atom. The first-order chi connectivity index (χ1) is 8.19. The molecule has 1 aromatic rings. The van der Waals surface area contributed by atoms with Crippen molar-refractivity contribution in [1.29, 1.82) is 0 Å². The number of hydrogen-bond donors (Lipinski definition) is 2. The van der Waals surface area contributed by atoms with E-state index in [1.54, 1.807) is 19.2 Å². The van der Waals surface area contributed by atoms with Crippen LogP contribution >= 0.6 is 0 Å². The minimum atomic E-state index is -0.462. The number of rotatable bonds is 1. The van der Waals surface area contributed by atoms with Gasteiger partial charge in [-0.3, -0.25) is 4.79 Å². The zero-order chi connectivity index (χ0) is 12.0. The number of anilines is 2. The molecule has 0 radical (unpaired) electrons. The van der Waals surface area contributed by atoms with Crippen LogP contribution in [0.3, 0.4) is 0 Å². The number of nitrogens with one attached hydrogen (secondary N) is 2. The molecule has 0 spiro atoms. The average Bonchev–Trinajstić information content (AvgIpc) is 2.72. The number of aromatic amines is 1. The molecule has 1 aromatic heterocycles. The van der Waals surface area contributed by atoms with Crippen molar-refractivity contribution in [2.75, 3.05) is 23.9 Å². The van der Waals surface area contributed by atoms with Crippen LogP contribution in [0.15, 0.2) is 12.1 Å². The van der Waals surface area contributed by atoms with Gasteiger partial charge in [-0.05, 0) is 6.07 Å². The number of pyridine rings is 1. The van der Waals surface area contributed by atoms with Gasteiger partial charge < -0.3 is 27.6 Å². The second-order valence-corrected chi connectivity index (χ2v) is 4.34. The quantitative estimate of drug-likeness (QED) is 0.554. The molecule has 3 rings (SSSR count). The van der Waals surface area contributed by atoms with Crippen LogP contribution in [-0.4, -0.2) is 36.8 Å². The molecule has 18 heavy (non-hydrogen) atoms. The van der Waals surface area contributed by atoms with Gasteiger partial charge in [0.25, 0.3) is 11.8 Å². The Balaban J connectivity index is 0.00000120. The summed E-state index contributed by atoms with van der Waals surface area (Å²) in [6, 6.07) is 3.26. The first-order valence-corrected chi connectivity index (χ1v) is 5.55. The van der Waals surface area contributed by atoms with Crippen molar-refractivity contribution in [2.24, 2.45) is 0 Å². The van der Waals surface area contributed by atoms with Gasteiger partial charge in [-0.1, -0.05) is 0 Å². The molecule has 7 heteroatoms. The van der Waals surface area contributed by atoms with Gasteiger partial charge in [0.1, 0.15) is 12.2 Å².